The highest BCUT2D eigenvalue weighted by Crippen LogP contribution is 2.18. The molecule has 0 radical (unpaired) electrons. The van der Waals surface area contributed by atoms with E-state index in [1.165, 1.54) is 0 Å². The van der Waals surface area contributed by atoms with E-state index < -0.39 is 6.09 Å². The molecule has 6 nitrogen and oxygen atoms in total. The van der Waals surface area contributed by atoms with Gasteiger partial charge in [0.05, 0.1) is 6.61 Å². The first-order valence-corrected chi connectivity index (χ1v) is 7.66. The minimum atomic E-state index is -0.546. The van der Waals surface area contributed by atoms with E-state index in [-0.39, 0.29) is 19.1 Å². The number of halogens is 1. The molecule has 0 saturated carbocycles. The molecule has 0 aliphatic heterocycles. The van der Waals surface area contributed by atoms with Gasteiger partial charge in [0, 0.05) is 22.5 Å². The molecule has 2 aromatic carbocycles. The minimum absolute atomic E-state index is 0.161. The van der Waals surface area contributed by atoms with Gasteiger partial charge in [0.1, 0.15) is 5.75 Å². The van der Waals surface area contributed by atoms with Gasteiger partial charge in [-0.25, -0.2) is 4.79 Å². The average Bonchev–Trinajstić information content (AvgIpc) is 2.56. The second-order valence-electron chi connectivity index (χ2n) is 4.72. The van der Waals surface area contributed by atoms with Gasteiger partial charge >= 0.3 is 6.09 Å². The summed E-state index contributed by atoms with van der Waals surface area (Å²) in [6.45, 7) is 1.84. The van der Waals surface area contributed by atoms with Crippen molar-refractivity contribution < 1.29 is 19.1 Å². The van der Waals surface area contributed by atoms with Crippen LogP contribution in [0.1, 0.15) is 6.92 Å². The third-order valence-corrected chi connectivity index (χ3v) is 3.11. The highest BCUT2D eigenvalue weighted by atomic mass is 35.5. The highest BCUT2D eigenvalue weighted by Gasteiger charge is 2.06. The zero-order chi connectivity index (χ0) is 17.4. The molecule has 2 amide bonds. The maximum atomic E-state index is 11.9. The van der Waals surface area contributed by atoms with Crippen molar-refractivity contribution >= 4 is 35.0 Å². The average molecular weight is 349 g/mol. The number of carbonyl (C=O) groups excluding carboxylic acids is 2. The van der Waals surface area contributed by atoms with E-state index in [4.69, 9.17) is 21.1 Å². The van der Waals surface area contributed by atoms with Crippen LogP contribution < -0.4 is 15.4 Å². The fourth-order valence-corrected chi connectivity index (χ4v) is 1.95. The number of carbonyl (C=O) groups is 2. The number of hydrogen-bond donors (Lipinski definition) is 2. The summed E-state index contributed by atoms with van der Waals surface area (Å²) in [5.74, 6) is 0.150. The lowest BCUT2D eigenvalue weighted by Crippen LogP contribution is -2.20. The Kier molecular flexibility index (Phi) is 6.45. The smallest absolute Gasteiger partial charge is 0.411 e. The Balaban J connectivity index is 1.86. The van der Waals surface area contributed by atoms with Crippen LogP contribution in [0.2, 0.25) is 5.02 Å². The second kappa shape index (κ2) is 8.79. The van der Waals surface area contributed by atoms with Crippen LogP contribution >= 0.6 is 11.6 Å². The molecule has 0 aliphatic rings. The van der Waals surface area contributed by atoms with Crippen molar-refractivity contribution in [2.75, 3.05) is 23.8 Å². The Morgan fingerprint density at radius 1 is 1.04 bits per heavy atom. The third kappa shape index (κ3) is 5.81. The summed E-state index contributed by atoms with van der Waals surface area (Å²) in [6, 6.07) is 13.4. The van der Waals surface area contributed by atoms with Gasteiger partial charge in [-0.1, -0.05) is 17.7 Å². The van der Waals surface area contributed by atoms with Crippen LogP contribution in [0.4, 0.5) is 16.2 Å². The molecule has 0 aromatic heterocycles. The lowest BCUT2D eigenvalue weighted by Gasteiger charge is -2.09. The fourth-order valence-electron chi connectivity index (χ4n) is 1.83. The first-order chi connectivity index (χ1) is 11.6. The SMILES string of the molecule is CCOC(=O)Nc1cccc(OCC(=O)Nc2ccc(Cl)cc2)c1. The summed E-state index contributed by atoms with van der Waals surface area (Å²) in [5.41, 5.74) is 1.15. The number of ether oxygens (including phenoxy) is 2. The molecule has 0 spiro atoms. The van der Waals surface area contributed by atoms with Gasteiger partial charge in [0.25, 0.3) is 5.91 Å². The number of nitrogens with one attached hydrogen (secondary N) is 2. The van der Waals surface area contributed by atoms with Crippen LogP contribution in [0.15, 0.2) is 48.5 Å². The molecule has 0 heterocycles. The van der Waals surface area contributed by atoms with Crippen molar-refractivity contribution in [2.45, 2.75) is 6.92 Å². The van der Waals surface area contributed by atoms with E-state index in [0.29, 0.717) is 22.1 Å². The summed E-state index contributed by atoms with van der Waals surface area (Å²) in [4.78, 5) is 23.2. The first-order valence-electron chi connectivity index (χ1n) is 7.29. The van der Waals surface area contributed by atoms with Gasteiger partial charge in [0.15, 0.2) is 6.61 Å². The number of anilines is 2. The molecule has 126 valence electrons. The summed E-state index contributed by atoms with van der Waals surface area (Å²) in [6.07, 6.45) is -0.546. The van der Waals surface area contributed by atoms with Crippen LogP contribution in [0.25, 0.3) is 0 Å². The van der Waals surface area contributed by atoms with Crippen molar-refractivity contribution in [1.29, 1.82) is 0 Å². The van der Waals surface area contributed by atoms with Crippen molar-refractivity contribution in [1.82, 2.24) is 0 Å². The van der Waals surface area contributed by atoms with Gasteiger partial charge < -0.3 is 14.8 Å². The highest BCUT2D eigenvalue weighted by molar-refractivity contribution is 6.30. The number of amides is 2. The molecule has 2 rings (SSSR count). The fraction of sp³-hybridized carbons (Fsp3) is 0.176. The van der Waals surface area contributed by atoms with E-state index in [1.54, 1.807) is 55.5 Å². The Morgan fingerprint density at radius 3 is 2.50 bits per heavy atom. The Morgan fingerprint density at radius 2 is 1.79 bits per heavy atom. The number of hydrogen-bond acceptors (Lipinski definition) is 4. The molecule has 24 heavy (non-hydrogen) atoms. The van der Waals surface area contributed by atoms with Gasteiger partial charge in [0.2, 0.25) is 0 Å². The predicted octanol–water partition coefficient (Wildman–Crippen LogP) is 3.93. The van der Waals surface area contributed by atoms with Crippen LogP contribution in [0.5, 0.6) is 5.75 Å². The molecule has 0 saturated heterocycles. The molecule has 2 N–H and O–H groups in total. The minimum Gasteiger partial charge on any atom is -0.484 e. The van der Waals surface area contributed by atoms with Crippen molar-refractivity contribution in [3.63, 3.8) is 0 Å². The standard InChI is InChI=1S/C17H17ClN2O4/c1-2-23-17(22)20-14-4-3-5-15(10-14)24-11-16(21)19-13-8-6-12(18)7-9-13/h3-10H,2,11H2,1H3,(H,19,21)(H,20,22). The van der Waals surface area contributed by atoms with Gasteiger partial charge in [-0.2, -0.15) is 0 Å². The number of benzene rings is 2. The lowest BCUT2D eigenvalue weighted by atomic mass is 10.3. The van der Waals surface area contributed by atoms with E-state index in [1.807, 2.05) is 0 Å². The zero-order valence-corrected chi connectivity index (χ0v) is 13.8. The maximum absolute atomic E-state index is 11.9. The molecule has 0 fully saturated rings. The normalized spacial score (nSPS) is 9.92. The van der Waals surface area contributed by atoms with E-state index in [9.17, 15) is 9.59 Å². The summed E-state index contributed by atoms with van der Waals surface area (Å²) < 4.78 is 10.2. The summed E-state index contributed by atoms with van der Waals surface area (Å²) in [5, 5.41) is 5.85. The van der Waals surface area contributed by atoms with Crippen molar-refractivity contribution in [2.24, 2.45) is 0 Å². The predicted molar refractivity (Wildman–Crippen MR) is 92.7 cm³/mol. The molecule has 0 aliphatic carbocycles. The lowest BCUT2D eigenvalue weighted by molar-refractivity contribution is -0.118. The Hall–Kier alpha value is -2.73. The topological polar surface area (TPSA) is 76.7 Å². The van der Waals surface area contributed by atoms with Crippen LogP contribution in [-0.2, 0) is 9.53 Å². The van der Waals surface area contributed by atoms with E-state index >= 15 is 0 Å². The van der Waals surface area contributed by atoms with Crippen LogP contribution in [0, 0.1) is 0 Å². The molecule has 2 aromatic rings. The van der Waals surface area contributed by atoms with Crippen molar-refractivity contribution in [3.8, 4) is 5.75 Å². The largest absolute Gasteiger partial charge is 0.484 e. The molecule has 0 atom stereocenters. The van der Waals surface area contributed by atoms with E-state index in [2.05, 4.69) is 10.6 Å². The maximum Gasteiger partial charge on any atom is 0.411 e. The number of rotatable bonds is 6. The van der Waals surface area contributed by atoms with Gasteiger partial charge in [-0.3, -0.25) is 10.1 Å². The second-order valence-corrected chi connectivity index (χ2v) is 5.15. The zero-order valence-electron chi connectivity index (χ0n) is 13.0. The first kappa shape index (κ1) is 17.6. The van der Waals surface area contributed by atoms with Crippen LogP contribution in [0.3, 0.4) is 0 Å². The Labute approximate surface area is 144 Å². The van der Waals surface area contributed by atoms with Gasteiger partial charge in [-0.15, -0.1) is 0 Å². The van der Waals surface area contributed by atoms with Crippen LogP contribution in [-0.4, -0.2) is 25.2 Å². The quantitative estimate of drug-likeness (QED) is 0.829. The molecular formula is C17H17ClN2O4. The van der Waals surface area contributed by atoms with E-state index in [0.717, 1.165) is 0 Å². The van der Waals surface area contributed by atoms with Crippen molar-refractivity contribution in [3.05, 3.63) is 53.6 Å². The molecule has 0 unspecified atom stereocenters. The molecule has 0 bridgehead atoms. The van der Waals surface area contributed by atoms with Gasteiger partial charge in [-0.05, 0) is 43.3 Å². The molecule has 7 heteroatoms. The monoisotopic (exact) mass is 348 g/mol. The molecular weight excluding hydrogens is 332 g/mol. The summed E-state index contributed by atoms with van der Waals surface area (Å²) in [7, 11) is 0. The Bertz CT molecular complexity index is 704. The third-order valence-electron chi connectivity index (χ3n) is 2.85. The summed E-state index contributed by atoms with van der Waals surface area (Å²) >= 11 is 5.78.